The van der Waals surface area contributed by atoms with Crippen molar-refractivity contribution in [3.8, 4) is 0 Å². The number of Topliss-reactive ketones (excluding diaryl/α,β-unsaturated/α-hetero) is 1. The molecule has 1 aromatic carbocycles. The topological polar surface area (TPSA) is 60.2 Å². The predicted molar refractivity (Wildman–Crippen MR) is 72.7 cm³/mol. The molecule has 1 fully saturated rings. The summed E-state index contributed by atoms with van der Waals surface area (Å²) in [6, 6.07) is 9.45. The molecule has 0 heterocycles. The van der Waals surface area contributed by atoms with Crippen LogP contribution in [0.4, 0.5) is 0 Å². The second-order valence-corrected chi connectivity index (χ2v) is 5.44. The standard InChI is InChI=1S/C15H19NO3/c1-12(17)11-14(13-7-3-2-4-8-13)15(16(18)19)9-5-6-10-15/h2-4,7-8,14H,5-6,9-11H2,1H3. The van der Waals surface area contributed by atoms with E-state index in [1.54, 1.807) is 0 Å². The maximum atomic E-state index is 11.6. The van der Waals surface area contributed by atoms with E-state index < -0.39 is 5.54 Å². The number of carbonyl (C=O) groups excluding carboxylic acids is 1. The Labute approximate surface area is 113 Å². The lowest BCUT2D eigenvalue weighted by Gasteiger charge is -2.29. The molecule has 4 heteroatoms. The molecular weight excluding hydrogens is 242 g/mol. The van der Waals surface area contributed by atoms with Gasteiger partial charge in [-0.25, -0.2) is 0 Å². The molecule has 1 aliphatic rings. The van der Waals surface area contributed by atoms with Gasteiger partial charge in [-0.3, -0.25) is 10.1 Å². The molecule has 0 spiro atoms. The Morgan fingerprint density at radius 1 is 1.32 bits per heavy atom. The third-order valence-corrected chi connectivity index (χ3v) is 4.18. The molecule has 1 unspecified atom stereocenters. The van der Waals surface area contributed by atoms with Crippen LogP contribution in [-0.2, 0) is 4.79 Å². The van der Waals surface area contributed by atoms with Crippen LogP contribution in [0.25, 0.3) is 0 Å². The van der Waals surface area contributed by atoms with Crippen molar-refractivity contribution >= 4 is 5.78 Å². The van der Waals surface area contributed by atoms with Crippen LogP contribution in [0, 0.1) is 10.1 Å². The summed E-state index contributed by atoms with van der Waals surface area (Å²) in [5.41, 5.74) is -0.0381. The van der Waals surface area contributed by atoms with E-state index in [4.69, 9.17) is 0 Å². The summed E-state index contributed by atoms with van der Waals surface area (Å²) in [4.78, 5) is 23.0. The summed E-state index contributed by atoms with van der Waals surface area (Å²) in [7, 11) is 0. The summed E-state index contributed by atoms with van der Waals surface area (Å²) < 4.78 is 0. The molecule has 1 atom stereocenters. The maximum absolute atomic E-state index is 11.6. The first-order valence-corrected chi connectivity index (χ1v) is 6.75. The normalized spacial score (nSPS) is 19.0. The van der Waals surface area contributed by atoms with Crippen LogP contribution in [0.15, 0.2) is 30.3 Å². The number of nitro groups is 1. The van der Waals surface area contributed by atoms with Gasteiger partial charge in [-0.2, -0.15) is 0 Å². The zero-order valence-electron chi connectivity index (χ0n) is 11.2. The first kappa shape index (κ1) is 13.7. The van der Waals surface area contributed by atoms with Gasteiger partial charge in [0.05, 0.1) is 5.92 Å². The fourth-order valence-electron chi connectivity index (χ4n) is 3.24. The van der Waals surface area contributed by atoms with E-state index in [9.17, 15) is 14.9 Å². The van der Waals surface area contributed by atoms with Gasteiger partial charge in [-0.05, 0) is 25.3 Å². The smallest absolute Gasteiger partial charge is 0.229 e. The van der Waals surface area contributed by atoms with Crippen molar-refractivity contribution in [3.63, 3.8) is 0 Å². The van der Waals surface area contributed by atoms with Gasteiger partial charge >= 0.3 is 0 Å². The lowest BCUT2D eigenvalue weighted by Crippen LogP contribution is -2.42. The fourth-order valence-corrected chi connectivity index (χ4v) is 3.24. The van der Waals surface area contributed by atoms with E-state index in [1.165, 1.54) is 6.92 Å². The molecule has 19 heavy (non-hydrogen) atoms. The summed E-state index contributed by atoms with van der Waals surface area (Å²) in [5, 5.41) is 11.6. The molecule has 0 saturated heterocycles. The summed E-state index contributed by atoms with van der Waals surface area (Å²) in [6.45, 7) is 1.51. The highest BCUT2D eigenvalue weighted by molar-refractivity contribution is 5.76. The third-order valence-electron chi connectivity index (χ3n) is 4.18. The molecule has 1 saturated carbocycles. The minimum Gasteiger partial charge on any atom is -0.300 e. The highest BCUT2D eigenvalue weighted by atomic mass is 16.6. The van der Waals surface area contributed by atoms with E-state index in [0.717, 1.165) is 18.4 Å². The van der Waals surface area contributed by atoms with Gasteiger partial charge in [0, 0.05) is 24.2 Å². The van der Waals surface area contributed by atoms with Crippen molar-refractivity contribution in [1.29, 1.82) is 0 Å². The predicted octanol–water partition coefficient (Wildman–Crippen LogP) is 3.34. The van der Waals surface area contributed by atoms with Crippen LogP contribution in [-0.4, -0.2) is 16.2 Å². The van der Waals surface area contributed by atoms with Gasteiger partial charge < -0.3 is 4.79 Å². The highest BCUT2D eigenvalue weighted by Crippen LogP contribution is 2.45. The van der Waals surface area contributed by atoms with E-state index in [1.807, 2.05) is 30.3 Å². The van der Waals surface area contributed by atoms with Crippen molar-refractivity contribution in [3.05, 3.63) is 46.0 Å². The molecule has 0 radical (unpaired) electrons. The van der Waals surface area contributed by atoms with Crippen molar-refractivity contribution in [1.82, 2.24) is 0 Å². The Bertz CT molecular complexity index is 464. The maximum Gasteiger partial charge on any atom is 0.229 e. The van der Waals surface area contributed by atoms with E-state index in [0.29, 0.717) is 12.8 Å². The summed E-state index contributed by atoms with van der Waals surface area (Å²) in [5.74, 6) is -0.286. The highest BCUT2D eigenvalue weighted by Gasteiger charge is 2.52. The van der Waals surface area contributed by atoms with Gasteiger partial charge in [0.15, 0.2) is 0 Å². The zero-order valence-corrected chi connectivity index (χ0v) is 11.2. The molecule has 102 valence electrons. The van der Waals surface area contributed by atoms with E-state index in [-0.39, 0.29) is 23.0 Å². The Kier molecular flexibility index (Phi) is 3.98. The molecule has 2 rings (SSSR count). The van der Waals surface area contributed by atoms with Crippen molar-refractivity contribution in [2.75, 3.05) is 0 Å². The second kappa shape index (κ2) is 5.51. The first-order valence-electron chi connectivity index (χ1n) is 6.75. The molecule has 0 aromatic heterocycles. The molecule has 0 bridgehead atoms. The lowest BCUT2D eigenvalue weighted by molar-refractivity contribution is -0.573. The molecule has 4 nitrogen and oxygen atoms in total. The Morgan fingerprint density at radius 2 is 1.89 bits per heavy atom. The third kappa shape index (κ3) is 2.67. The van der Waals surface area contributed by atoms with Gasteiger partial charge in [0.1, 0.15) is 5.78 Å². The first-order chi connectivity index (χ1) is 9.06. The van der Waals surface area contributed by atoms with Gasteiger partial charge in [-0.15, -0.1) is 0 Å². The zero-order chi connectivity index (χ0) is 13.9. The Hall–Kier alpha value is -1.71. The number of ketones is 1. The van der Waals surface area contributed by atoms with Crippen LogP contribution in [0.3, 0.4) is 0 Å². The summed E-state index contributed by atoms with van der Waals surface area (Å²) in [6.07, 6.45) is 3.16. The van der Waals surface area contributed by atoms with Crippen molar-refractivity contribution in [2.24, 2.45) is 0 Å². The van der Waals surface area contributed by atoms with Gasteiger partial charge in [0.25, 0.3) is 0 Å². The Morgan fingerprint density at radius 3 is 2.37 bits per heavy atom. The lowest BCUT2D eigenvalue weighted by atomic mass is 9.75. The fraction of sp³-hybridized carbons (Fsp3) is 0.533. The largest absolute Gasteiger partial charge is 0.300 e. The summed E-state index contributed by atoms with van der Waals surface area (Å²) >= 11 is 0. The van der Waals surface area contributed by atoms with Crippen molar-refractivity contribution in [2.45, 2.75) is 50.5 Å². The van der Waals surface area contributed by atoms with Gasteiger partial charge in [0.2, 0.25) is 5.54 Å². The minimum absolute atomic E-state index is 0.0157. The van der Waals surface area contributed by atoms with Gasteiger partial charge in [-0.1, -0.05) is 30.3 Å². The number of nitrogens with zero attached hydrogens (tertiary/aromatic N) is 1. The number of hydrogen-bond acceptors (Lipinski definition) is 3. The monoisotopic (exact) mass is 261 g/mol. The molecular formula is C15H19NO3. The molecule has 0 amide bonds. The van der Waals surface area contributed by atoms with Crippen LogP contribution in [0.1, 0.15) is 50.5 Å². The number of benzene rings is 1. The number of carbonyl (C=O) groups is 1. The van der Waals surface area contributed by atoms with Crippen LogP contribution < -0.4 is 0 Å². The van der Waals surface area contributed by atoms with Crippen LogP contribution in [0.5, 0.6) is 0 Å². The van der Waals surface area contributed by atoms with Crippen LogP contribution >= 0.6 is 0 Å². The quantitative estimate of drug-likeness (QED) is 0.603. The van der Waals surface area contributed by atoms with Crippen LogP contribution in [0.2, 0.25) is 0 Å². The minimum atomic E-state index is -0.951. The van der Waals surface area contributed by atoms with E-state index >= 15 is 0 Å². The average Bonchev–Trinajstić information content (AvgIpc) is 2.87. The molecule has 0 N–H and O–H groups in total. The number of rotatable bonds is 5. The molecule has 0 aliphatic heterocycles. The Balaban J connectivity index is 2.42. The number of hydrogen-bond donors (Lipinski definition) is 0. The van der Waals surface area contributed by atoms with Crippen molar-refractivity contribution < 1.29 is 9.72 Å². The molecule has 1 aromatic rings. The second-order valence-electron chi connectivity index (χ2n) is 5.44. The average molecular weight is 261 g/mol. The SMILES string of the molecule is CC(=O)CC(c1ccccc1)C1([N+](=O)[O-])CCCC1. The molecule has 1 aliphatic carbocycles. The van der Waals surface area contributed by atoms with E-state index in [2.05, 4.69) is 0 Å².